The summed E-state index contributed by atoms with van der Waals surface area (Å²) in [6.45, 7) is 3.91. The topological polar surface area (TPSA) is 50.2 Å². The minimum Gasteiger partial charge on any atom is -0.245 e. The average Bonchev–Trinajstić information content (AvgIpc) is 2.78. The van der Waals surface area contributed by atoms with Gasteiger partial charge in [0, 0.05) is 17.0 Å². The highest BCUT2D eigenvalue weighted by Gasteiger charge is 2.16. The van der Waals surface area contributed by atoms with Crippen molar-refractivity contribution >= 4 is 11.7 Å². The number of rotatable bonds is 2. The van der Waals surface area contributed by atoms with Gasteiger partial charge in [-0.1, -0.05) is 24.3 Å². The lowest BCUT2D eigenvalue weighted by atomic mass is 10.1. The summed E-state index contributed by atoms with van der Waals surface area (Å²) < 4.78 is 0. The van der Waals surface area contributed by atoms with Gasteiger partial charge >= 0.3 is 0 Å². The Kier molecular flexibility index (Phi) is 2.99. The maximum atomic E-state index is 4.46. The summed E-state index contributed by atoms with van der Waals surface area (Å²) in [7, 11) is 0. The molecule has 1 aliphatic rings. The van der Waals surface area contributed by atoms with Crippen molar-refractivity contribution in [1.82, 2.24) is 9.97 Å². The van der Waals surface area contributed by atoms with E-state index in [9.17, 15) is 0 Å². The molecular weight excluding hydrogens is 236 g/mol. The van der Waals surface area contributed by atoms with Crippen LogP contribution in [0.4, 0.5) is 5.95 Å². The smallest absolute Gasteiger partial charge is 0.243 e. The quantitative estimate of drug-likeness (QED) is 0.836. The van der Waals surface area contributed by atoms with Gasteiger partial charge in [-0.25, -0.2) is 15.4 Å². The van der Waals surface area contributed by atoms with Gasteiger partial charge in [-0.15, -0.1) is 0 Å². The molecule has 19 heavy (non-hydrogen) atoms. The van der Waals surface area contributed by atoms with Crippen LogP contribution in [0.1, 0.15) is 28.9 Å². The van der Waals surface area contributed by atoms with E-state index in [1.165, 1.54) is 11.1 Å². The highest BCUT2D eigenvalue weighted by atomic mass is 15.4. The summed E-state index contributed by atoms with van der Waals surface area (Å²) >= 11 is 0. The molecule has 2 aromatic rings. The van der Waals surface area contributed by atoms with E-state index >= 15 is 0 Å². The predicted molar refractivity (Wildman–Crippen MR) is 76.4 cm³/mol. The maximum Gasteiger partial charge on any atom is 0.243 e. The third-order valence-corrected chi connectivity index (χ3v) is 3.23. The summed E-state index contributed by atoms with van der Waals surface area (Å²) in [5.41, 5.74) is 8.55. The second kappa shape index (κ2) is 4.80. The van der Waals surface area contributed by atoms with Gasteiger partial charge in [0.1, 0.15) is 0 Å². The van der Waals surface area contributed by atoms with Gasteiger partial charge in [0.05, 0.1) is 5.71 Å². The molecule has 3 rings (SSSR count). The molecule has 1 aliphatic carbocycles. The molecular formula is C15H16N4. The third kappa shape index (κ3) is 2.47. The van der Waals surface area contributed by atoms with E-state index in [-0.39, 0.29) is 0 Å². The lowest BCUT2D eigenvalue weighted by Gasteiger charge is -2.03. The SMILES string of the molecule is Cc1cc(C)nc(N/N=C2/CCc3ccccc32)n1. The lowest BCUT2D eigenvalue weighted by molar-refractivity contribution is 1.03. The molecule has 0 bridgehead atoms. The van der Waals surface area contributed by atoms with Crippen molar-refractivity contribution in [2.45, 2.75) is 26.7 Å². The highest BCUT2D eigenvalue weighted by Crippen LogP contribution is 2.22. The van der Waals surface area contributed by atoms with Crippen LogP contribution in [0.3, 0.4) is 0 Å². The van der Waals surface area contributed by atoms with Gasteiger partial charge in [0.25, 0.3) is 0 Å². The maximum absolute atomic E-state index is 4.46. The monoisotopic (exact) mass is 252 g/mol. The van der Waals surface area contributed by atoms with Crippen molar-refractivity contribution in [2.24, 2.45) is 5.10 Å². The molecule has 0 saturated carbocycles. The Morgan fingerprint density at radius 1 is 1.05 bits per heavy atom. The summed E-state index contributed by atoms with van der Waals surface area (Å²) in [5, 5.41) is 4.46. The van der Waals surface area contributed by atoms with E-state index in [0.29, 0.717) is 5.95 Å². The lowest BCUT2D eigenvalue weighted by Crippen LogP contribution is -2.04. The summed E-state index contributed by atoms with van der Waals surface area (Å²) in [6.07, 6.45) is 2.03. The Labute approximate surface area is 112 Å². The zero-order valence-electron chi connectivity index (χ0n) is 11.1. The molecule has 1 heterocycles. The van der Waals surface area contributed by atoms with Crippen LogP contribution in [0.25, 0.3) is 0 Å². The first-order valence-electron chi connectivity index (χ1n) is 6.45. The summed E-state index contributed by atoms with van der Waals surface area (Å²) in [4.78, 5) is 8.64. The zero-order valence-corrected chi connectivity index (χ0v) is 11.1. The second-order valence-electron chi connectivity index (χ2n) is 4.80. The molecule has 0 radical (unpaired) electrons. The number of nitrogens with one attached hydrogen (secondary N) is 1. The van der Waals surface area contributed by atoms with E-state index in [1.807, 2.05) is 26.0 Å². The molecule has 0 atom stereocenters. The summed E-state index contributed by atoms with van der Waals surface area (Å²) in [6, 6.07) is 10.3. The molecule has 0 unspecified atom stereocenters. The third-order valence-electron chi connectivity index (χ3n) is 3.23. The van der Waals surface area contributed by atoms with Crippen LogP contribution in [0, 0.1) is 13.8 Å². The van der Waals surface area contributed by atoms with Crippen LogP contribution in [-0.2, 0) is 6.42 Å². The fourth-order valence-corrected chi connectivity index (χ4v) is 2.42. The number of anilines is 1. The predicted octanol–water partition coefficient (Wildman–Crippen LogP) is 2.86. The largest absolute Gasteiger partial charge is 0.245 e. The molecule has 1 N–H and O–H groups in total. The number of nitrogens with zero attached hydrogens (tertiary/aromatic N) is 3. The Morgan fingerprint density at radius 3 is 2.58 bits per heavy atom. The number of aryl methyl sites for hydroxylation is 3. The van der Waals surface area contributed by atoms with Crippen LogP contribution < -0.4 is 5.43 Å². The van der Waals surface area contributed by atoms with Crippen molar-refractivity contribution in [1.29, 1.82) is 0 Å². The zero-order chi connectivity index (χ0) is 13.2. The first kappa shape index (κ1) is 11.8. The van der Waals surface area contributed by atoms with Crippen LogP contribution in [0.2, 0.25) is 0 Å². The molecule has 0 amide bonds. The van der Waals surface area contributed by atoms with Gasteiger partial charge in [-0.3, -0.25) is 0 Å². The molecule has 1 aromatic heterocycles. The first-order valence-corrected chi connectivity index (χ1v) is 6.45. The normalized spacial score (nSPS) is 15.6. The number of hydrazone groups is 1. The van der Waals surface area contributed by atoms with Crippen molar-refractivity contribution in [3.05, 3.63) is 52.8 Å². The van der Waals surface area contributed by atoms with Crippen molar-refractivity contribution in [3.63, 3.8) is 0 Å². The van der Waals surface area contributed by atoms with Gasteiger partial charge in [-0.2, -0.15) is 5.10 Å². The van der Waals surface area contributed by atoms with E-state index in [0.717, 1.165) is 29.9 Å². The van der Waals surface area contributed by atoms with Gasteiger partial charge in [-0.05, 0) is 38.3 Å². The minimum atomic E-state index is 0.564. The Bertz CT molecular complexity index is 626. The molecule has 1 aromatic carbocycles. The van der Waals surface area contributed by atoms with Crippen molar-refractivity contribution < 1.29 is 0 Å². The standard InChI is InChI=1S/C15H16N4/c1-10-9-11(2)17-15(16-10)19-18-14-8-7-12-5-3-4-6-13(12)14/h3-6,9H,7-8H2,1-2H3,(H,16,17,19)/b18-14-. The highest BCUT2D eigenvalue weighted by molar-refractivity contribution is 6.04. The molecule has 0 fully saturated rings. The summed E-state index contributed by atoms with van der Waals surface area (Å²) in [5.74, 6) is 0.564. The molecule has 0 saturated heterocycles. The van der Waals surface area contributed by atoms with Crippen molar-refractivity contribution in [2.75, 3.05) is 5.43 Å². The molecule has 96 valence electrons. The second-order valence-corrected chi connectivity index (χ2v) is 4.80. The number of hydrogen-bond donors (Lipinski definition) is 1. The number of benzene rings is 1. The number of fused-ring (bicyclic) bond motifs is 1. The number of aromatic nitrogens is 2. The van der Waals surface area contributed by atoms with E-state index in [1.54, 1.807) is 0 Å². The van der Waals surface area contributed by atoms with Crippen LogP contribution in [0.5, 0.6) is 0 Å². The molecule has 0 aliphatic heterocycles. The fraction of sp³-hybridized carbons (Fsp3) is 0.267. The van der Waals surface area contributed by atoms with E-state index in [2.05, 4.69) is 38.7 Å². The van der Waals surface area contributed by atoms with Crippen LogP contribution in [0.15, 0.2) is 35.4 Å². The van der Waals surface area contributed by atoms with Gasteiger partial charge < -0.3 is 0 Å². The minimum absolute atomic E-state index is 0.564. The Balaban J connectivity index is 1.84. The van der Waals surface area contributed by atoms with E-state index < -0.39 is 0 Å². The molecule has 0 spiro atoms. The van der Waals surface area contributed by atoms with Crippen LogP contribution >= 0.6 is 0 Å². The van der Waals surface area contributed by atoms with Gasteiger partial charge in [0.15, 0.2) is 0 Å². The first-order chi connectivity index (χ1) is 9.22. The van der Waals surface area contributed by atoms with Crippen LogP contribution in [-0.4, -0.2) is 15.7 Å². The van der Waals surface area contributed by atoms with E-state index in [4.69, 9.17) is 0 Å². The number of hydrogen-bond acceptors (Lipinski definition) is 4. The van der Waals surface area contributed by atoms with Crippen molar-refractivity contribution in [3.8, 4) is 0 Å². The van der Waals surface area contributed by atoms with Gasteiger partial charge in [0.2, 0.25) is 5.95 Å². The fourth-order valence-electron chi connectivity index (χ4n) is 2.42. The Morgan fingerprint density at radius 2 is 1.79 bits per heavy atom. The Hall–Kier alpha value is -2.23. The molecule has 4 heteroatoms. The molecule has 4 nitrogen and oxygen atoms in total. The average molecular weight is 252 g/mol.